The molecule has 0 unspecified atom stereocenters. The van der Waals surface area contributed by atoms with Crippen molar-refractivity contribution in [3.8, 4) is 0 Å². The summed E-state index contributed by atoms with van der Waals surface area (Å²) in [6.07, 6.45) is 5.41. The summed E-state index contributed by atoms with van der Waals surface area (Å²) in [6, 6.07) is 0. The SMILES string of the molecule is Fc1c(F)c(F)c(CO/N=[C]\C2CCC2)c(F)c1F. The quantitative estimate of drug-likeness (QED) is 0.271. The summed E-state index contributed by atoms with van der Waals surface area (Å²) >= 11 is 0. The molecule has 0 N–H and O–H groups in total. The van der Waals surface area contributed by atoms with Crippen molar-refractivity contribution in [1.82, 2.24) is 0 Å². The van der Waals surface area contributed by atoms with Crippen molar-refractivity contribution in [3.63, 3.8) is 0 Å². The number of hydrogen-bond acceptors (Lipinski definition) is 2. The number of rotatable bonds is 4. The van der Waals surface area contributed by atoms with E-state index in [4.69, 9.17) is 0 Å². The lowest BCUT2D eigenvalue weighted by atomic mass is 9.87. The summed E-state index contributed by atoms with van der Waals surface area (Å²) in [5.41, 5.74) is -1.05. The van der Waals surface area contributed by atoms with E-state index in [0.717, 1.165) is 19.3 Å². The first-order chi connectivity index (χ1) is 9.02. The van der Waals surface area contributed by atoms with Crippen LogP contribution in [0, 0.1) is 35.0 Å². The fraction of sp³-hybridized carbons (Fsp3) is 0.417. The molecule has 2 nitrogen and oxygen atoms in total. The third-order valence-electron chi connectivity index (χ3n) is 2.91. The molecular weight excluding hydrogens is 269 g/mol. The summed E-state index contributed by atoms with van der Waals surface area (Å²) in [7, 11) is 0. The van der Waals surface area contributed by atoms with Crippen molar-refractivity contribution in [2.24, 2.45) is 11.1 Å². The van der Waals surface area contributed by atoms with E-state index in [9.17, 15) is 22.0 Å². The Morgan fingerprint density at radius 1 is 0.947 bits per heavy atom. The zero-order chi connectivity index (χ0) is 14.0. The van der Waals surface area contributed by atoms with E-state index in [1.807, 2.05) is 0 Å². The third-order valence-corrected chi connectivity index (χ3v) is 2.91. The highest BCUT2D eigenvalue weighted by molar-refractivity contribution is 5.60. The van der Waals surface area contributed by atoms with Crippen LogP contribution >= 0.6 is 0 Å². The second-order valence-corrected chi connectivity index (χ2v) is 4.17. The Morgan fingerprint density at radius 3 is 1.95 bits per heavy atom. The molecular formula is C12H9F5NO. The molecule has 0 saturated heterocycles. The Bertz CT molecular complexity index is 484. The summed E-state index contributed by atoms with van der Waals surface area (Å²) in [5.74, 6) is -9.86. The lowest BCUT2D eigenvalue weighted by molar-refractivity contribution is 0.122. The summed E-state index contributed by atoms with van der Waals surface area (Å²) in [4.78, 5) is 4.52. The van der Waals surface area contributed by atoms with Crippen LogP contribution in [0.3, 0.4) is 0 Å². The fourth-order valence-corrected chi connectivity index (χ4v) is 1.52. The predicted octanol–water partition coefficient (Wildman–Crippen LogP) is 3.56. The van der Waals surface area contributed by atoms with Gasteiger partial charge in [0, 0.05) is 5.92 Å². The Balaban J connectivity index is 2.09. The van der Waals surface area contributed by atoms with Gasteiger partial charge >= 0.3 is 0 Å². The fourth-order valence-electron chi connectivity index (χ4n) is 1.52. The molecule has 0 aromatic heterocycles. The van der Waals surface area contributed by atoms with Gasteiger partial charge in [0.25, 0.3) is 0 Å². The summed E-state index contributed by atoms with van der Waals surface area (Å²) in [6.45, 7) is -0.842. The van der Waals surface area contributed by atoms with Crippen molar-refractivity contribution >= 4 is 6.21 Å². The van der Waals surface area contributed by atoms with Gasteiger partial charge in [0.2, 0.25) is 5.82 Å². The molecule has 103 valence electrons. The lowest BCUT2D eigenvalue weighted by Gasteiger charge is -2.18. The van der Waals surface area contributed by atoms with Crippen LogP contribution in [0.5, 0.6) is 0 Å². The maximum atomic E-state index is 13.2. The van der Waals surface area contributed by atoms with Crippen LogP contribution in [0.1, 0.15) is 24.8 Å². The largest absolute Gasteiger partial charge is 0.390 e. The molecule has 1 aromatic carbocycles. The van der Waals surface area contributed by atoms with E-state index in [1.54, 1.807) is 0 Å². The van der Waals surface area contributed by atoms with E-state index in [1.165, 1.54) is 0 Å². The number of nitrogens with zero attached hydrogens (tertiary/aromatic N) is 1. The van der Waals surface area contributed by atoms with Gasteiger partial charge in [-0.15, -0.1) is 0 Å². The van der Waals surface area contributed by atoms with Crippen LogP contribution < -0.4 is 0 Å². The minimum absolute atomic E-state index is 0.136. The molecule has 0 amide bonds. The number of halogens is 5. The van der Waals surface area contributed by atoms with Gasteiger partial charge < -0.3 is 4.84 Å². The molecule has 2 rings (SSSR count). The van der Waals surface area contributed by atoms with Crippen LogP contribution in [-0.4, -0.2) is 6.21 Å². The van der Waals surface area contributed by atoms with E-state index in [0.29, 0.717) is 0 Å². The van der Waals surface area contributed by atoms with Crippen LogP contribution in [0.25, 0.3) is 0 Å². The maximum absolute atomic E-state index is 13.2. The van der Waals surface area contributed by atoms with Gasteiger partial charge in [-0.3, -0.25) is 0 Å². The normalized spacial score (nSPS) is 15.8. The van der Waals surface area contributed by atoms with Gasteiger partial charge in [0.1, 0.15) is 12.8 Å². The highest BCUT2D eigenvalue weighted by Gasteiger charge is 2.26. The zero-order valence-electron chi connectivity index (χ0n) is 9.65. The molecule has 19 heavy (non-hydrogen) atoms. The number of benzene rings is 1. The second-order valence-electron chi connectivity index (χ2n) is 4.17. The van der Waals surface area contributed by atoms with Gasteiger partial charge in [0.05, 0.1) is 5.56 Å². The first-order valence-corrected chi connectivity index (χ1v) is 5.60. The maximum Gasteiger partial charge on any atom is 0.200 e. The predicted molar refractivity (Wildman–Crippen MR) is 55.8 cm³/mol. The van der Waals surface area contributed by atoms with Gasteiger partial charge in [-0.05, 0) is 12.8 Å². The summed E-state index contributed by atoms with van der Waals surface area (Å²) < 4.78 is 64.8. The molecule has 1 aliphatic carbocycles. The zero-order valence-corrected chi connectivity index (χ0v) is 9.65. The van der Waals surface area contributed by atoms with Crippen LogP contribution in [0.2, 0.25) is 0 Å². The monoisotopic (exact) mass is 278 g/mol. The van der Waals surface area contributed by atoms with Crippen molar-refractivity contribution in [3.05, 3.63) is 34.6 Å². The molecule has 1 aliphatic rings. The van der Waals surface area contributed by atoms with Crippen LogP contribution in [0.4, 0.5) is 22.0 Å². The lowest BCUT2D eigenvalue weighted by Crippen LogP contribution is -2.12. The van der Waals surface area contributed by atoms with E-state index < -0.39 is 41.3 Å². The Hall–Kier alpha value is -1.66. The summed E-state index contributed by atoms with van der Waals surface area (Å²) in [5, 5.41) is 3.33. The first kappa shape index (κ1) is 13.8. The van der Waals surface area contributed by atoms with Crippen molar-refractivity contribution in [1.29, 1.82) is 0 Å². The minimum Gasteiger partial charge on any atom is -0.390 e. The first-order valence-electron chi connectivity index (χ1n) is 5.60. The number of hydrogen-bond donors (Lipinski definition) is 0. The minimum atomic E-state index is -2.19. The van der Waals surface area contributed by atoms with E-state index in [-0.39, 0.29) is 5.92 Å². The van der Waals surface area contributed by atoms with Gasteiger partial charge in [-0.25, -0.2) is 22.0 Å². The van der Waals surface area contributed by atoms with Crippen molar-refractivity contribution in [2.45, 2.75) is 25.9 Å². The molecule has 0 atom stereocenters. The third kappa shape index (κ3) is 2.69. The van der Waals surface area contributed by atoms with E-state index in [2.05, 4.69) is 16.2 Å². The average Bonchev–Trinajstić information content (AvgIpc) is 2.35. The van der Waals surface area contributed by atoms with Crippen molar-refractivity contribution < 1.29 is 26.8 Å². The second kappa shape index (κ2) is 5.54. The Labute approximate surface area is 105 Å². The smallest absolute Gasteiger partial charge is 0.200 e. The molecule has 7 heteroatoms. The van der Waals surface area contributed by atoms with Gasteiger partial charge in [0.15, 0.2) is 23.3 Å². The van der Waals surface area contributed by atoms with E-state index >= 15 is 0 Å². The molecule has 0 bridgehead atoms. The molecule has 1 fully saturated rings. The van der Waals surface area contributed by atoms with Crippen molar-refractivity contribution in [2.75, 3.05) is 0 Å². The highest BCUT2D eigenvalue weighted by atomic mass is 19.2. The molecule has 0 aliphatic heterocycles. The molecule has 1 radical (unpaired) electrons. The topological polar surface area (TPSA) is 21.6 Å². The average molecular weight is 278 g/mol. The molecule has 1 saturated carbocycles. The Morgan fingerprint density at radius 2 is 1.47 bits per heavy atom. The molecule has 0 heterocycles. The van der Waals surface area contributed by atoms with Gasteiger partial charge in [-0.2, -0.15) is 0 Å². The Kier molecular flexibility index (Phi) is 4.01. The molecule has 1 aromatic rings. The highest BCUT2D eigenvalue weighted by Crippen LogP contribution is 2.25. The van der Waals surface area contributed by atoms with Crippen LogP contribution in [0.15, 0.2) is 5.16 Å². The standard InChI is InChI=1S/C12H9F5NO/c13-8-7(5-19-18-4-6-2-1-3-6)9(14)11(16)12(17)10(8)15/h6H,1-3,5H2. The van der Waals surface area contributed by atoms with Crippen LogP contribution in [-0.2, 0) is 11.4 Å². The molecule has 0 spiro atoms. The van der Waals surface area contributed by atoms with Gasteiger partial charge in [-0.1, -0.05) is 11.6 Å².